The minimum atomic E-state index is -1.10. The summed E-state index contributed by atoms with van der Waals surface area (Å²) in [5.74, 6) is 0.970. The molecule has 0 radical (unpaired) electrons. The third kappa shape index (κ3) is 7.83. The molecule has 5 atom stereocenters. The monoisotopic (exact) mass is 583 g/mol. The first-order chi connectivity index (χ1) is 19.6. The van der Waals surface area contributed by atoms with E-state index in [0.717, 1.165) is 24.3 Å². The van der Waals surface area contributed by atoms with Crippen LogP contribution in [0.15, 0.2) is 53.4 Å². The smallest absolute Gasteiger partial charge is 0.252 e. The summed E-state index contributed by atoms with van der Waals surface area (Å²) in [6.45, 7) is 5.78. The molecule has 2 aromatic carbocycles. The lowest BCUT2D eigenvalue weighted by Gasteiger charge is -2.45. The Kier molecular flexibility index (Phi) is 10.7. The van der Waals surface area contributed by atoms with Gasteiger partial charge in [0.25, 0.3) is 5.91 Å². The Labute approximate surface area is 247 Å². The summed E-state index contributed by atoms with van der Waals surface area (Å²) in [6.07, 6.45) is 4.44. The van der Waals surface area contributed by atoms with E-state index in [2.05, 4.69) is 10.6 Å². The number of β-amino-alcohol motifs (C(OH)–C–C–N with tert-alkyl or cyclic N) is 1. The molecular formula is C32H45N3O5S. The molecule has 0 spiro atoms. The van der Waals surface area contributed by atoms with Crippen LogP contribution < -0.4 is 10.6 Å². The number of carbonyl (C=O) groups is 2. The fraction of sp³-hybridized carbons (Fsp3) is 0.562. The van der Waals surface area contributed by atoms with Crippen molar-refractivity contribution in [1.29, 1.82) is 0 Å². The molecule has 1 heterocycles. The lowest BCUT2D eigenvalue weighted by Crippen LogP contribution is -2.62. The largest absolute Gasteiger partial charge is 0.508 e. The molecule has 2 amide bonds. The number of rotatable bonds is 11. The van der Waals surface area contributed by atoms with Gasteiger partial charge in [0.2, 0.25) is 5.91 Å². The van der Waals surface area contributed by atoms with Gasteiger partial charge in [-0.3, -0.25) is 9.59 Å². The second kappa shape index (κ2) is 14.1. The van der Waals surface area contributed by atoms with Crippen molar-refractivity contribution >= 4 is 23.6 Å². The van der Waals surface area contributed by atoms with Crippen molar-refractivity contribution in [3.05, 3.63) is 59.7 Å². The Morgan fingerprint density at radius 3 is 2.51 bits per heavy atom. The molecule has 5 unspecified atom stereocenters. The van der Waals surface area contributed by atoms with E-state index in [1.165, 1.54) is 37.1 Å². The van der Waals surface area contributed by atoms with E-state index >= 15 is 0 Å². The number of nitrogens with one attached hydrogen (secondary N) is 2. The lowest BCUT2D eigenvalue weighted by molar-refractivity contribution is -0.144. The number of carbonyl (C=O) groups excluding carboxylic acids is 2. The number of phenols is 1. The van der Waals surface area contributed by atoms with E-state index < -0.39 is 23.6 Å². The zero-order valence-electron chi connectivity index (χ0n) is 24.4. The number of hydrogen-bond acceptors (Lipinski definition) is 7. The maximum atomic E-state index is 14.0. The van der Waals surface area contributed by atoms with Crippen LogP contribution in [0.25, 0.3) is 0 Å². The number of hydrogen-bond donors (Lipinski definition) is 5. The summed E-state index contributed by atoms with van der Waals surface area (Å²) in [5, 5.41) is 38.4. The molecule has 1 aliphatic carbocycles. The van der Waals surface area contributed by atoms with Gasteiger partial charge in [-0.05, 0) is 76.3 Å². The van der Waals surface area contributed by atoms with Crippen molar-refractivity contribution in [3.63, 3.8) is 0 Å². The number of phenolic OH excluding ortho intramolecular Hbond substituents is 1. The van der Waals surface area contributed by atoms with Gasteiger partial charge >= 0.3 is 0 Å². The minimum Gasteiger partial charge on any atom is -0.508 e. The first-order valence-electron chi connectivity index (χ1n) is 14.7. The van der Waals surface area contributed by atoms with Gasteiger partial charge in [0.05, 0.1) is 30.3 Å². The first kappa shape index (κ1) is 31.3. The first-order valence-corrected chi connectivity index (χ1v) is 15.7. The zero-order chi connectivity index (χ0) is 29.6. The molecule has 0 aromatic heterocycles. The average molecular weight is 584 g/mol. The molecule has 1 saturated heterocycles. The highest BCUT2D eigenvalue weighted by Crippen LogP contribution is 2.36. The van der Waals surface area contributed by atoms with Gasteiger partial charge in [-0.25, -0.2) is 0 Å². The van der Waals surface area contributed by atoms with Gasteiger partial charge in [-0.15, -0.1) is 11.8 Å². The molecule has 41 heavy (non-hydrogen) atoms. The fourth-order valence-electron chi connectivity index (χ4n) is 6.02. The van der Waals surface area contributed by atoms with Crippen LogP contribution in [-0.4, -0.2) is 81.2 Å². The van der Waals surface area contributed by atoms with Crippen molar-refractivity contribution in [2.75, 3.05) is 25.4 Å². The third-order valence-corrected chi connectivity index (χ3v) is 9.92. The lowest BCUT2D eigenvalue weighted by atomic mass is 9.73. The number of nitrogens with zero attached hydrogens (tertiary/aromatic N) is 1. The van der Waals surface area contributed by atoms with Gasteiger partial charge in [-0.1, -0.05) is 43.5 Å². The van der Waals surface area contributed by atoms with Crippen molar-refractivity contribution < 1.29 is 24.9 Å². The van der Waals surface area contributed by atoms with Crippen LogP contribution in [0.1, 0.15) is 61.9 Å². The normalized spacial score (nSPS) is 22.3. The number of aliphatic hydroxyl groups is 2. The molecule has 1 aliphatic heterocycles. The molecule has 2 aromatic rings. The summed E-state index contributed by atoms with van der Waals surface area (Å²) >= 11 is 1.50. The molecule has 5 N–H and O–H groups in total. The maximum absolute atomic E-state index is 14.0. The van der Waals surface area contributed by atoms with Crippen molar-refractivity contribution in [3.8, 4) is 5.75 Å². The van der Waals surface area contributed by atoms with Crippen molar-refractivity contribution in [2.45, 2.75) is 81.5 Å². The SMILES string of the molecule is Cc1c(O)cccc1C(=O)NC(CSc1ccccc1)C(O)CN(C(=O)C1CC2CCCCC2CN1)C(C)(C)CO. The predicted octanol–water partition coefficient (Wildman–Crippen LogP) is 3.72. The quantitative estimate of drug-likeness (QED) is 0.256. The highest BCUT2D eigenvalue weighted by Gasteiger charge is 2.41. The Morgan fingerprint density at radius 2 is 1.80 bits per heavy atom. The van der Waals surface area contributed by atoms with E-state index in [4.69, 9.17) is 0 Å². The highest BCUT2D eigenvalue weighted by molar-refractivity contribution is 7.99. The summed E-state index contributed by atoms with van der Waals surface area (Å²) in [4.78, 5) is 29.9. The summed E-state index contributed by atoms with van der Waals surface area (Å²) < 4.78 is 0. The number of fused-ring (bicyclic) bond motifs is 1. The Bertz CT molecular complexity index is 1180. The van der Waals surface area contributed by atoms with E-state index in [0.29, 0.717) is 28.7 Å². The topological polar surface area (TPSA) is 122 Å². The molecular weight excluding hydrogens is 538 g/mol. The van der Waals surface area contributed by atoms with Crippen LogP contribution in [0.5, 0.6) is 5.75 Å². The molecule has 4 rings (SSSR count). The van der Waals surface area contributed by atoms with Crippen LogP contribution in [0, 0.1) is 18.8 Å². The molecule has 1 saturated carbocycles. The minimum absolute atomic E-state index is 0.0232. The standard InChI is InChI=1S/C32H45N3O5S/c1-21-25(14-9-15-28(21)37)30(39)34-27(19-41-24-12-5-4-6-13-24)29(38)18-35(32(2,3)20-36)31(40)26-16-22-10-7-8-11-23(22)17-33-26/h4-6,9,12-15,22-23,26-27,29,33,36-38H,7-8,10-11,16-20H2,1-3H3,(H,34,39). The zero-order valence-corrected chi connectivity index (χ0v) is 25.2. The number of aromatic hydroxyl groups is 1. The predicted molar refractivity (Wildman–Crippen MR) is 162 cm³/mol. The van der Waals surface area contributed by atoms with Crippen LogP contribution in [-0.2, 0) is 4.79 Å². The number of benzene rings is 2. The number of thioether (sulfide) groups is 1. The summed E-state index contributed by atoms with van der Waals surface area (Å²) in [7, 11) is 0. The second-order valence-corrected chi connectivity index (χ2v) is 13.2. The number of amides is 2. The van der Waals surface area contributed by atoms with Gasteiger partial charge in [0, 0.05) is 28.3 Å². The molecule has 2 fully saturated rings. The Hall–Kier alpha value is -2.59. The summed E-state index contributed by atoms with van der Waals surface area (Å²) in [6, 6.07) is 13.4. The highest BCUT2D eigenvalue weighted by atomic mass is 32.2. The van der Waals surface area contributed by atoms with E-state index in [9.17, 15) is 24.9 Å². The third-order valence-electron chi connectivity index (χ3n) is 8.79. The van der Waals surface area contributed by atoms with Gasteiger partial charge in [0.1, 0.15) is 5.75 Å². The van der Waals surface area contributed by atoms with Crippen molar-refractivity contribution in [1.82, 2.24) is 15.5 Å². The van der Waals surface area contributed by atoms with Crippen LogP contribution >= 0.6 is 11.8 Å². The van der Waals surface area contributed by atoms with Crippen LogP contribution in [0.2, 0.25) is 0 Å². The van der Waals surface area contributed by atoms with E-state index in [-0.39, 0.29) is 30.9 Å². The van der Waals surface area contributed by atoms with Crippen LogP contribution in [0.3, 0.4) is 0 Å². The summed E-state index contributed by atoms with van der Waals surface area (Å²) in [5.41, 5.74) is -0.132. The van der Waals surface area contributed by atoms with Gasteiger partial charge in [0.15, 0.2) is 0 Å². The van der Waals surface area contributed by atoms with E-state index in [1.807, 2.05) is 30.3 Å². The second-order valence-electron chi connectivity index (χ2n) is 12.1. The van der Waals surface area contributed by atoms with Crippen LogP contribution in [0.4, 0.5) is 0 Å². The molecule has 0 bridgehead atoms. The van der Waals surface area contributed by atoms with E-state index in [1.54, 1.807) is 37.8 Å². The molecule has 9 heteroatoms. The molecule has 8 nitrogen and oxygen atoms in total. The Morgan fingerprint density at radius 1 is 1.10 bits per heavy atom. The fourth-order valence-corrected chi connectivity index (χ4v) is 7.05. The van der Waals surface area contributed by atoms with Gasteiger partial charge < -0.3 is 30.9 Å². The van der Waals surface area contributed by atoms with Crippen molar-refractivity contribution in [2.24, 2.45) is 11.8 Å². The Balaban J connectivity index is 1.53. The number of piperidine rings is 1. The molecule has 224 valence electrons. The van der Waals surface area contributed by atoms with Gasteiger partial charge in [-0.2, -0.15) is 0 Å². The molecule has 2 aliphatic rings. The number of aliphatic hydroxyl groups excluding tert-OH is 2. The maximum Gasteiger partial charge on any atom is 0.252 e. The average Bonchev–Trinajstić information content (AvgIpc) is 2.98.